The number of para-hydroxylation sites is 1. The molecular formula is C23H35NO2. The van der Waals surface area contributed by atoms with Crippen LogP contribution in [-0.4, -0.2) is 35.2 Å². The molecule has 0 radical (unpaired) electrons. The second-order valence-electron chi connectivity index (χ2n) is 7.99. The van der Waals surface area contributed by atoms with Gasteiger partial charge in [0.2, 0.25) is 0 Å². The normalized spacial score (nSPS) is 27.0. The Morgan fingerprint density at radius 3 is 2.27 bits per heavy atom. The second kappa shape index (κ2) is 10.1. The molecule has 0 aromatic heterocycles. The van der Waals surface area contributed by atoms with Crippen LogP contribution in [0.5, 0.6) is 5.75 Å². The molecule has 26 heavy (non-hydrogen) atoms. The molecule has 0 spiro atoms. The fourth-order valence-electron chi connectivity index (χ4n) is 4.79. The third-order valence-electron chi connectivity index (χ3n) is 6.23. The first-order valence-corrected chi connectivity index (χ1v) is 10.6. The highest BCUT2D eigenvalue weighted by Crippen LogP contribution is 2.36. The molecule has 0 bridgehead atoms. The van der Waals surface area contributed by atoms with Gasteiger partial charge in [-0.15, -0.1) is 0 Å². The maximum Gasteiger partial charge on any atom is 0.130 e. The minimum atomic E-state index is -0.325. The quantitative estimate of drug-likeness (QED) is 0.747. The van der Waals surface area contributed by atoms with Crippen molar-refractivity contribution in [1.29, 1.82) is 0 Å². The number of nitrogens with zero attached hydrogens (tertiary/aromatic N) is 1. The van der Waals surface area contributed by atoms with Crippen LogP contribution in [0.1, 0.15) is 75.7 Å². The zero-order chi connectivity index (χ0) is 18.2. The number of aliphatic hydroxyl groups is 1. The molecule has 1 heterocycles. The molecule has 1 aromatic rings. The van der Waals surface area contributed by atoms with Crippen LogP contribution >= 0.6 is 0 Å². The maximum atomic E-state index is 10.9. The van der Waals surface area contributed by atoms with Gasteiger partial charge in [0.05, 0.1) is 12.4 Å². The summed E-state index contributed by atoms with van der Waals surface area (Å²) in [6.45, 7) is 5.54. The van der Waals surface area contributed by atoms with E-state index in [4.69, 9.17) is 4.74 Å². The van der Waals surface area contributed by atoms with Crippen LogP contribution in [0.25, 0.3) is 0 Å². The molecule has 1 saturated carbocycles. The molecule has 3 rings (SSSR count). The summed E-state index contributed by atoms with van der Waals surface area (Å²) in [5.41, 5.74) is 1.12. The van der Waals surface area contributed by atoms with Crippen molar-refractivity contribution in [3.05, 3.63) is 42.7 Å². The first-order valence-electron chi connectivity index (χ1n) is 10.6. The molecular weight excluding hydrogens is 322 g/mol. The van der Waals surface area contributed by atoms with Crippen molar-refractivity contribution in [2.24, 2.45) is 0 Å². The summed E-state index contributed by atoms with van der Waals surface area (Å²) >= 11 is 0. The summed E-state index contributed by atoms with van der Waals surface area (Å²) in [4.78, 5) is 2.57. The fourth-order valence-corrected chi connectivity index (χ4v) is 4.79. The number of β-amino-alcohol motifs (C(OH)–C–C–N with tert-alkyl or cyclic N) is 1. The zero-order valence-corrected chi connectivity index (χ0v) is 16.1. The summed E-state index contributed by atoms with van der Waals surface area (Å²) in [6, 6.07) is 8.72. The van der Waals surface area contributed by atoms with Crippen LogP contribution in [0.2, 0.25) is 0 Å². The Morgan fingerprint density at radius 2 is 1.62 bits per heavy atom. The lowest BCUT2D eigenvalue weighted by molar-refractivity contribution is 0.0235. The first kappa shape index (κ1) is 19.4. The summed E-state index contributed by atoms with van der Waals surface area (Å²) < 4.78 is 5.58. The van der Waals surface area contributed by atoms with Gasteiger partial charge in [-0.2, -0.15) is 0 Å². The van der Waals surface area contributed by atoms with Crippen LogP contribution in [0.3, 0.4) is 0 Å². The maximum absolute atomic E-state index is 10.9. The first-order chi connectivity index (χ1) is 12.8. The van der Waals surface area contributed by atoms with E-state index in [0.717, 1.165) is 30.8 Å². The van der Waals surface area contributed by atoms with Gasteiger partial charge in [0.1, 0.15) is 5.75 Å². The number of benzene rings is 1. The van der Waals surface area contributed by atoms with E-state index >= 15 is 0 Å². The molecule has 1 aliphatic carbocycles. The summed E-state index contributed by atoms with van der Waals surface area (Å²) in [5, 5.41) is 10.9. The van der Waals surface area contributed by atoms with Crippen LogP contribution < -0.4 is 4.74 Å². The third-order valence-corrected chi connectivity index (χ3v) is 6.23. The zero-order valence-electron chi connectivity index (χ0n) is 16.1. The fraction of sp³-hybridized carbons (Fsp3) is 0.652. The van der Waals surface area contributed by atoms with E-state index in [0.29, 0.717) is 6.04 Å². The highest BCUT2D eigenvalue weighted by atomic mass is 16.5. The Bertz CT molecular complexity index is 549. The van der Waals surface area contributed by atoms with Gasteiger partial charge < -0.3 is 9.84 Å². The highest BCUT2D eigenvalue weighted by molar-refractivity contribution is 5.37. The smallest absolute Gasteiger partial charge is 0.130 e. The molecule has 2 atom stereocenters. The van der Waals surface area contributed by atoms with Crippen molar-refractivity contribution in [3.8, 4) is 5.75 Å². The van der Waals surface area contributed by atoms with Gasteiger partial charge in [-0.1, -0.05) is 69.7 Å². The summed E-state index contributed by atoms with van der Waals surface area (Å²) in [5.74, 6) is 0.987. The number of ether oxygens (including phenoxy) is 1. The number of likely N-dealkylation sites (tertiary alicyclic amines) is 1. The summed E-state index contributed by atoms with van der Waals surface area (Å²) in [6.07, 6.45) is 14.4. The average Bonchev–Trinajstić information content (AvgIpc) is 2.67. The van der Waals surface area contributed by atoms with Gasteiger partial charge in [0.15, 0.2) is 0 Å². The topological polar surface area (TPSA) is 32.7 Å². The van der Waals surface area contributed by atoms with Crippen molar-refractivity contribution in [2.45, 2.75) is 82.3 Å². The van der Waals surface area contributed by atoms with E-state index in [9.17, 15) is 5.11 Å². The van der Waals surface area contributed by atoms with Crippen molar-refractivity contribution in [2.75, 3.05) is 13.1 Å². The lowest BCUT2D eigenvalue weighted by Gasteiger charge is -2.41. The Kier molecular flexibility index (Phi) is 7.57. The largest absolute Gasteiger partial charge is 0.465 e. The van der Waals surface area contributed by atoms with Gasteiger partial charge in [-0.05, 0) is 31.9 Å². The second-order valence-corrected chi connectivity index (χ2v) is 7.99. The predicted octanol–water partition coefficient (Wildman–Crippen LogP) is 5.25. The lowest BCUT2D eigenvalue weighted by atomic mass is 9.85. The highest BCUT2D eigenvalue weighted by Gasteiger charge is 2.33. The van der Waals surface area contributed by atoms with Crippen LogP contribution in [0.15, 0.2) is 37.1 Å². The Hall–Kier alpha value is -1.32. The molecule has 2 aliphatic rings. The monoisotopic (exact) mass is 357 g/mol. The SMILES string of the molecule is C=COc1ccccc1C1CCN(C2CCCCCCCCC2)CC1O. The number of aliphatic hydroxyl groups excluding tert-OH is 1. The average molecular weight is 358 g/mol. The molecule has 144 valence electrons. The van der Waals surface area contributed by atoms with Gasteiger partial charge in [0.25, 0.3) is 0 Å². The molecule has 1 N–H and O–H groups in total. The Balaban J connectivity index is 1.63. The van der Waals surface area contributed by atoms with Gasteiger partial charge in [0, 0.05) is 24.1 Å². The van der Waals surface area contributed by atoms with E-state index in [1.807, 2.05) is 18.2 Å². The van der Waals surface area contributed by atoms with E-state index in [-0.39, 0.29) is 12.0 Å². The molecule has 3 nitrogen and oxygen atoms in total. The van der Waals surface area contributed by atoms with E-state index < -0.39 is 0 Å². The van der Waals surface area contributed by atoms with Crippen molar-refractivity contribution >= 4 is 0 Å². The Labute approximate surface area is 159 Å². The van der Waals surface area contributed by atoms with Gasteiger partial charge >= 0.3 is 0 Å². The van der Waals surface area contributed by atoms with Crippen LogP contribution in [0.4, 0.5) is 0 Å². The number of hydrogen-bond acceptors (Lipinski definition) is 3. The molecule has 0 amide bonds. The molecule has 3 heteroatoms. The van der Waals surface area contributed by atoms with Crippen molar-refractivity contribution in [1.82, 2.24) is 4.90 Å². The van der Waals surface area contributed by atoms with E-state index in [2.05, 4.69) is 17.5 Å². The number of hydrogen-bond donors (Lipinski definition) is 1. The molecule has 2 unspecified atom stereocenters. The van der Waals surface area contributed by atoms with E-state index in [1.165, 1.54) is 64.0 Å². The molecule has 2 fully saturated rings. The van der Waals surface area contributed by atoms with Crippen molar-refractivity contribution in [3.63, 3.8) is 0 Å². The predicted molar refractivity (Wildman–Crippen MR) is 108 cm³/mol. The third kappa shape index (κ3) is 5.11. The standard InChI is InChI=1S/C23H35NO2/c1-2-26-23-15-11-10-14-21(23)20-16-17-24(18-22(20)25)19-12-8-6-4-3-5-7-9-13-19/h2,10-11,14-15,19-20,22,25H,1,3-9,12-13,16-18H2. The van der Waals surface area contributed by atoms with Crippen LogP contribution in [0, 0.1) is 0 Å². The summed E-state index contributed by atoms with van der Waals surface area (Å²) in [7, 11) is 0. The number of piperidine rings is 1. The minimum absolute atomic E-state index is 0.155. The van der Waals surface area contributed by atoms with Crippen LogP contribution in [-0.2, 0) is 0 Å². The molecule has 1 aromatic carbocycles. The van der Waals surface area contributed by atoms with E-state index in [1.54, 1.807) is 0 Å². The van der Waals surface area contributed by atoms with Crippen molar-refractivity contribution < 1.29 is 9.84 Å². The Morgan fingerprint density at radius 1 is 0.962 bits per heavy atom. The van der Waals surface area contributed by atoms with Gasteiger partial charge in [-0.25, -0.2) is 0 Å². The lowest BCUT2D eigenvalue weighted by Crippen LogP contribution is -2.47. The molecule has 1 aliphatic heterocycles. The minimum Gasteiger partial charge on any atom is -0.465 e. The molecule has 1 saturated heterocycles. The number of rotatable bonds is 4. The van der Waals surface area contributed by atoms with Gasteiger partial charge in [-0.3, -0.25) is 4.90 Å².